The number of aliphatic hydroxyl groups excluding tert-OH is 1. The van der Waals surface area contributed by atoms with Gasteiger partial charge in [0.15, 0.2) is 0 Å². The van der Waals surface area contributed by atoms with Crippen molar-refractivity contribution < 1.29 is 27.8 Å². The minimum Gasteiger partial charge on any atom is -0.393 e. The Labute approximate surface area is 146 Å². The van der Waals surface area contributed by atoms with E-state index < -0.39 is 12.1 Å². The molecule has 3 unspecified atom stereocenters. The zero-order chi connectivity index (χ0) is 18.0. The number of carbonyl (C=O) groups is 1. The third-order valence-electron chi connectivity index (χ3n) is 6.28. The van der Waals surface area contributed by atoms with E-state index in [1.165, 1.54) is 0 Å². The van der Waals surface area contributed by atoms with Crippen molar-refractivity contribution in [3.63, 3.8) is 0 Å². The summed E-state index contributed by atoms with van der Waals surface area (Å²) < 4.78 is 43.8. The number of rotatable bonds is 3. The molecule has 0 aromatic carbocycles. The number of amides is 1. The van der Waals surface area contributed by atoms with Gasteiger partial charge in [-0.25, -0.2) is 0 Å². The molecule has 25 heavy (non-hydrogen) atoms. The van der Waals surface area contributed by atoms with E-state index in [9.17, 15) is 23.1 Å². The predicted octanol–water partition coefficient (Wildman–Crippen LogP) is 3.13. The van der Waals surface area contributed by atoms with Crippen LogP contribution in [0.15, 0.2) is 0 Å². The highest BCUT2D eigenvalue weighted by atomic mass is 19.4. The lowest BCUT2D eigenvalue weighted by Gasteiger charge is -2.41. The van der Waals surface area contributed by atoms with E-state index in [2.05, 4.69) is 0 Å². The van der Waals surface area contributed by atoms with Crippen LogP contribution in [0, 0.1) is 17.8 Å². The summed E-state index contributed by atoms with van der Waals surface area (Å²) in [6.45, 7) is 1.46. The monoisotopic (exact) mass is 363 g/mol. The van der Waals surface area contributed by atoms with E-state index in [1.54, 1.807) is 0 Å². The van der Waals surface area contributed by atoms with Crippen molar-refractivity contribution in [3.05, 3.63) is 0 Å². The third-order valence-corrected chi connectivity index (χ3v) is 6.28. The first-order chi connectivity index (χ1) is 11.9. The number of aliphatic hydroxyl groups is 1. The molecule has 3 atom stereocenters. The van der Waals surface area contributed by atoms with Crippen molar-refractivity contribution in [2.75, 3.05) is 19.8 Å². The molecule has 3 aliphatic rings. The number of hydrogen-bond acceptors (Lipinski definition) is 3. The second kappa shape index (κ2) is 7.82. The predicted molar refractivity (Wildman–Crippen MR) is 85.8 cm³/mol. The lowest BCUT2D eigenvalue weighted by molar-refractivity contribution is -0.184. The van der Waals surface area contributed by atoms with Gasteiger partial charge in [-0.2, -0.15) is 13.2 Å². The SMILES string of the molecule is O=C(CC1CCC(C(F)(F)F)CC1)N1CCOCC1C1CCCC1O. The molecule has 1 amide bonds. The Morgan fingerprint density at radius 2 is 1.84 bits per heavy atom. The zero-order valence-electron chi connectivity index (χ0n) is 14.5. The van der Waals surface area contributed by atoms with Crippen molar-refractivity contribution in [1.29, 1.82) is 0 Å². The summed E-state index contributed by atoms with van der Waals surface area (Å²) in [5.41, 5.74) is 0. The molecule has 2 aliphatic carbocycles. The Hall–Kier alpha value is -0.820. The molecule has 0 bridgehead atoms. The molecule has 2 saturated carbocycles. The summed E-state index contributed by atoms with van der Waals surface area (Å²) in [6.07, 6.45) is -0.332. The molecule has 3 fully saturated rings. The molecular formula is C18H28F3NO3. The molecule has 1 N–H and O–H groups in total. The first-order valence-electron chi connectivity index (χ1n) is 9.48. The number of alkyl halides is 3. The van der Waals surface area contributed by atoms with Gasteiger partial charge in [-0.3, -0.25) is 4.79 Å². The average Bonchev–Trinajstić information content (AvgIpc) is 3.00. The quantitative estimate of drug-likeness (QED) is 0.838. The van der Waals surface area contributed by atoms with Crippen LogP contribution >= 0.6 is 0 Å². The van der Waals surface area contributed by atoms with Crippen molar-refractivity contribution in [3.8, 4) is 0 Å². The molecule has 144 valence electrons. The van der Waals surface area contributed by atoms with Gasteiger partial charge in [0.05, 0.1) is 31.3 Å². The Balaban J connectivity index is 1.55. The van der Waals surface area contributed by atoms with Crippen LogP contribution in [0.25, 0.3) is 0 Å². The maximum absolute atomic E-state index is 12.8. The average molecular weight is 363 g/mol. The Bertz CT molecular complexity index is 463. The molecule has 1 saturated heterocycles. The van der Waals surface area contributed by atoms with Crippen molar-refractivity contribution in [2.24, 2.45) is 17.8 Å². The number of carbonyl (C=O) groups excluding carboxylic acids is 1. The van der Waals surface area contributed by atoms with Gasteiger partial charge in [0, 0.05) is 18.9 Å². The van der Waals surface area contributed by atoms with E-state index in [4.69, 9.17) is 4.74 Å². The summed E-state index contributed by atoms with van der Waals surface area (Å²) in [5, 5.41) is 10.2. The number of ether oxygens (including phenoxy) is 1. The number of halogens is 3. The minimum absolute atomic E-state index is 0.0165. The number of nitrogens with zero attached hydrogens (tertiary/aromatic N) is 1. The topological polar surface area (TPSA) is 49.8 Å². The normalized spacial score (nSPS) is 37.3. The van der Waals surface area contributed by atoms with Crippen molar-refractivity contribution in [2.45, 2.75) is 69.7 Å². The largest absolute Gasteiger partial charge is 0.393 e. The Morgan fingerprint density at radius 1 is 1.12 bits per heavy atom. The molecule has 0 spiro atoms. The molecule has 7 heteroatoms. The van der Waals surface area contributed by atoms with Crippen LogP contribution in [0.4, 0.5) is 13.2 Å². The summed E-state index contributed by atoms with van der Waals surface area (Å²) >= 11 is 0. The summed E-state index contributed by atoms with van der Waals surface area (Å²) in [6, 6.07) is -0.0923. The van der Waals surface area contributed by atoms with Crippen LogP contribution in [0.2, 0.25) is 0 Å². The van der Waals surface area contributed by atoms with Gasteiger partial charge in [-0.1, -0.05) is 6.42 Å². The highest BCUT2D eigenvalue weighted by Crippen LogP contribution is 2.41. The minimum atomic E-state index is -4.11. The fraction of sp³-hybridized carbons (Fsp3) is 0.944. The van der Waals surface area contributed by atoms with Gasteiger partial charge in [0.2, 0.25) is 5.91 Å². The Kier molecular flexibility index (Phi) is 5.93. The first kappa shape index (κ1) is 19.0. The number of hydrogen-bond donors (Lipinski definition) is 1. The molecule has 1 heterocycles. The summed E-state index contributed by atoms with van der Waals surface area (Å²) in [5.74, 6) is -1.08. The highest BCUT2D eigenvalue weighted by Gasteiger charge is 2.43. The highest BCUT2D eigenvalue weighted by molar-refractivity contribution is 5.77. The van der Waals surface area contributed by atoms with Crippen LogP contribution in [0.1, 0.15) is 51.4 Å². The Morgan fingerprint density at radius 3 is 2.44 bits per heavy atom. The molecule has 4 nitrogen and oxygen atoms in total. The summed E-state index contributed by atoms with van der Waals surface area (Å²) in [4.78, 5) is 14.6. The molecule has 0 aromatic heterocycles. The van der Waals surface area contributed by atoms with Gasteiger partial charge in [-0.05, 0) is 44.4 Å². The molecule has 0 radical (unpaired) electrons. The van der Waals surface area contributed by atoms with E-state index in [0.29, 0.717) is 39.0 Å². The van der Waals surface area contributed by atoms with Crippen LogP contribution in [0.5, 0.6) is 0 Å². The van der Waals surface area contributed by atoms with Gasteiger partial charge in [0.25, 0.3) is 0 Å². The molecule has 0 aromatic rings. The fourth-order valence-electron chi connectivity index (χ4n) is 4.76. The second-order valence-electron chi connectivity index (χ2n) is 7.85. The smallest absolute Gasteiger partial charge is 0.391 e. The van der Waals surface area contributed by atoms with Gasteiger partial charge in [0.1, 0.15) is 0 Å². The van der Waals surface area contributed by atoms with E-state index in [0.717, 1.165) is 19.3 Å². The molecular weight excluding hydrogens is 335 g/mol. The standard InChI is InChI=1S/C18H28F3NO3/c19-18(20,21)13-6-4-12(5-7-13)10-17(24)22-8-9-25-11-15(22)14-2-1-3-16(14)23/h12-16,23H,1-11H2. The van der Waals surface area contributed by atoms with Crippen LogP contribution in [-0.2, 0) is 9.53 Å². The van der Waals surface area contributed by atoms with Crippen LogP contribution in [0.3, 0.4) is 0 Å². The lowest BCUT2D eigenvalue weighted by atomic mass is 9.80. The van der Waals surface area contributed by atoms with E-state index in [1.807, 2.05) is 4.90 Å². The maximum atomic E-state index is 12.8. The zero-order valence-corrected chi connectivity index (χ0v) is 14.5. The van der Waals surface area contributed by atoms with Crippen molar-refractivity contribution >= 4 is 5.91 Å². The van der Waals surface area contributed by atoms with E-state index >= 15 is 0 Å². The van der Waals surface area contributed by atoms with Crippen LogP contribution in [-0.4, -0.2) is 54.0 Å². The van der Waals surface area contributed by atoms with Crippen LogP contribution < -0.4 is 0 Å². The number of morpholine rings is 1. The summed E-state index contributed by atoms with van der Waals surface area (Å²) in [7, 11) is 0. The maximum Gasteiger partial charge on any atom is 0.391 e. The van der Waals surface area contributed by atoms with Crippen molar-refractivity contribution in [1.82, 2.24) is 4.90 Å². The van der Waals surface area contributed by atoms with Gasteiger partial charge in [-0.15, -0.1) is 0 Å². The second-order valence-corrected chi connectivity index (χ2v) is 7.85. The third kappa shape index (κ3) is 4.48. The molecule has 3 rings (SSSR count). The first-order valence-corrected chi connectivity index (χ1v) is 9.48. The van der Waals surface area contributed by atoms with Gasteiger partial charge >= 0.3 is 6.18 Å². The fourth-order valence-corrected chi connectivity index (χ4v) is 4.76. The van der Waals surface area contributed by atoms with E-state index in [-0.39, 0.29) is 42.7 Å². The van der Waals surface area contributed by atoms with Gasteiger partial charge < -0.3 is 14.7 Å². The lowest BCUT2D eigenvalue weighted by Crippen LogP contribution is -2.54. The molecule has 1 aliphatic heterocycles.